The highest BCUT2D eigenvalue weighted by Gasteiger charge is 2.22. The molecule has 0 unspecified atom stereocenters. The summed E-state index contributed by atoms with van der Waals surface area (Å²) in [4.78, 5) is 30.0. The minimum atomic E-state index is 0.0712. The van der Waals surface area contributed by atoms with Gasteiger partial charge in [-0.05, 0) is 63.5 Å². The summed E-state index contributed by atoms with van der Waals surface area (Å²) >= 11 is 0. The molecule has 5 rings (SSSR count). The van der Waals surface area contributed by atoms with Crippen molar-refractivity contribution in [3.63, 3.8) is 0 Å². The van der Waals surface area contributed by atoms with Crippen LogP contribution in [0.5, 0.6) is 0 Å². The van der Waals surface area contributed by atoms with E-state index in [1.807, 2.05) is 19.2 Å². The molecule has 0 atom stereocenters. The number of aryl methyl sites for hydroxylation is 2. The second-order valence-electron chi connectivity index (χ2n) is 7.52. The fraction of sp³-hybridized carbons (Fsp3) is 0.429. The largest absolute Gasteiger partial charge is 0.358 e. The van der Waals surface area contributed by atoms with Gasteiger partial charge in [-0.1, -0.05) is 0 Å². The molecule has 3 aromatic rings. The summed E-state index contributed by atoms with van der Waals surface area (Å²) in [6, 6.07) is 3.97. The van der Waals surface area contributed by atoms with Crippen LogP contribution in [0, 0.1) is 0 Å². The molecule has 1 aromatic carbocycles. The summed E-state index contributed by atoms with van der Waals surface area (Å²) in [5.41, 5.74) is 5.88. The number of aromatic nitrogens is 2. The van der Waals surface area contributed by atoms with Crippen molar-refractivity contribution >= 4 is 21.8 Å². The van der Waals surface area contributed by atoms with Gasteiger partial charge in [0.15, 0.2) is 10.9 Å². The van der Waals surface area contributed by atoms with Crippen molar-refractivity contribution in [3.8, 4) is 0 Å². The van der Waals surface area contributed by atoms with Crippen LogP contribution in [-0.2, 0) is 32.7 Å². The maximum Gasteiger partial charge on any atom is 0.193 e. The van der Waals surface area contributed by atoms with Gasteiger partial charge in [0.1, 0.15) is 0 Å². The molecule has 2 aliphatic carbocycles. The first-order valence-corrected chi connectivity index (χ1v) is 9.38. The molecule has 0 aliphatic heterocycles. The van der Waals surface area contributed by atoms with Crippen molar-refractivity contribution < 1.29 is 0 Å². The van der Waals surface area contributed by atoms with Gasteiger partial charge in [0, 0.05) is 29.6 Å². The number of fused-ring (bicyclic) bond motifs is 5. The van der Waals surface area contributed by atoms with Gasteiger partial charge in [0.05, 0.1) is 21.8 Å². The zero-order valence-corrected chi connectivity index (χ0v) is 14.6. The van der Waals surface area contributed by atoms with Gasteiger partial charge in [-0.3, -0.25) is 9.59 Å². The molecule has 0 saturated heterocycles. The van der Waals surface area contributed by atoms with Crippen molar-refractivity contribution in [1.29, 1.82) is 0 Å². The van der Waals surface area contributed by atoms with E-state index in [0.29, 0.717) is 10.8 Å². The smallest absolute Gasteiger partial charge is 0.193 e. The van der Waals surface area contributed by atoms with Crippen LogP contribution in [-0.4, -0.2) is 9.55 Å². The second-order valence-corrected chi connectivity index (χ2v) is 7.52. The third-order valence-electron chi connectivity index (χ3n) is 6.14. The molecule has 4 heteroatoms. The van der Waals surface area contributed by atoms with Crippen molar-refractivity contribution in [2.45, 2.75) is 51.4 Å². The lowest BCUT2D eigenvalue weighted by atomic mass is 9.90. The van der Waals surface area contributed by atoms with Crippen LogP contribution in [0.3, 0.4) is 0 Å². The van der Waals surface area contributed by atoms with E-state index >= 15 is 0 Å². The Kier molecular flexibility index (Phi) is 3.18. The summed E-state index contributed by atoms with van der Waals surface area (Å²) in [5, 5.41) is 1.22. The van der Waals surface area contributed by atoms with Crippen LogP contribution in [0.4, 0.5) is 0 Å². The average molecular weight is 334 g/mol. The molecule has 0 amide bonds. The third-order valence-corrected chi connectivity index (χ3v) is 6.14. The molecule has 0 radical (unpaired) electrons. The van der Waals surface area contributed by atoms with E-state index in [1.165, 1.54) is 0 Å². The van der Waals surface area contributed by atoms with Crippen LogP contribution in [0.15, 0.2) is 21.7 Å². The van der Waals surface area contributed by atoms with Gasteiger partial charge in [-0.2, -0.15) is 0 Å². The van der Waals surface area contributed by atoms with Gasteiger partial charge in [-0.15, -0.1) is 0 Å². The van der Waals surface area contributed by atoms with Crippen molar-refractivity contribution in [3.05, 3.63) is 55.1 Å². The Morgan fingerprint density at radius 3 is 2.36 bits per heavy atom. The third kappa shape index (κ3) is 2.00. The highest BCUT2D eigenvalue weighted by Crippen LogP contribution is 2.27. The van der Waals surface area contributed by atoms with E-state index < -0.39 is 0 Å². The molecule has 0 fully saturated rings. The Hall–Kier alpha value is -2.36. The molecule has 2 aliphatic rings. The van der Waals surface area contributed by atoms with E-state index in [1.54, 1.807) is 0 Å². The molecule has 25 heavy (non-hydrogen) atoms. The Labute approximate surface area is 145 Å². The van der Waals surface area contributed by atoms with E-state index in [-0.39, 0.29) is 10.9 Å². The van der Waals surface area contributed by atoms with Crippen molar-refractivity contribution in [2.75, 3.05) is 0 Å². The van der Waals surface area contributed by atoms with Gasteiger partial charge < -0.3 is 9.55 Å². The molecule has 1 N–H and O–H groups in total. The van der Waals surface area contributed by atoms with Crippen molar-refractivity contribution in [1.82, 2.24) is 9.55 Å². The van der Waals surface area contributed by atoms with E-state index in [4.69, 9.17) is 0 Å². The Morgan fingerprint density at radius 2 is 1.52 bits per heavy atom. The average Bonchev–Trinajstić information content (AvgIpc) is 2.65. The summed E-state index contributed by atoms with van der Waals surface area (Å²) in [5.74, 6) is 0. The van der Waals surface area contributed by atoms with Crippen LogP contribution in [0.1, 0.15) is 48.2 Å². The van der Waals surface area contributed by atoms with Gasteiger partial charge in [0.2, 0.25) is 0 Å². The van der Waals surface area contributed by atoms with Crippen molar-refractivity contribution in [2.24, 2.45) is 7.05 Å². The quantitative estimate of drug-likeness (QED) is 0.642. The summed E-state index contributed by atoms with van der Waals surface area (Å²) in [6.07, 6.45) is 7.91. The zero-order chi connectivity index (χ0) is 17.1. The van der Waals surface area contributed by atoms with Gasteiger partial charge in [0.25, 0.3) is 0 Å². The van der Waals surface area contributed by atoms with E-state index in [2.05, 4.69) is 9.55 Å². The number of hydrogen-bond donors (Lipinski definition) is 1. The fourth-order valence-electron chi connectivity index (χ4n) is 4.85. The molecule has 4 nitrogen and oxygen atoms in total. The molecule has 128 valence electrons. The first kappa shape index (κ1) is 14.9. The maximum atomic E-state index is 13.3. The normalized spacial score (nSPS) is 16.8. The molecular weight excluding hydrogens is 312 g/mol. The summed E-state index contributed by atoms with van der Waals surface area (Å²) in [7, 11) is 2.03. The van der Waals surface area contributed by atoms with Crippen LogP contribution >= 0.6 is 0 Å². The standard InChI is InChI=1S/C21H22N2O2/c1-23-16-9-5-3-7-13(16)21(25)19-17(23)11-10-15-18(19)20(24)12-6-2-4-8-14(12)22-15/h10-11H,2-9H2,1H3,(H,22,24). The SMILES string of the molecule is Cn1c2c(c(=O)c3c4c(=O)c5c([nH]c4ccc31)CCCC5)CCCC2. The van der Waals surface area contributed by atoms with Crippen LogP contribution in [0.2, 0.25) is 0 Å². The molecule has 2 heterocycles. The monoisotopic (exact) mass is 334 g/mol. The first-order valence-electron chi connectivity index (χ1n) is 9.38. The lowest BCUT2D eigenvalue weighted by molar-refractivity contribution is 0.637. The number of nitrogens with one attached hydrogen (secondary N) is 1. The summed E-state index contributed by atoms with van der Waals surface area (Å²) < 4.78 is 2.14. The highest BCUT2D eigenvalue weighted by atomic mass is 16.1. The van der Waals surface area contributed by atoms with E-state index in [9.17, 15) is 9.59 Å². The minimum absolute atomic E-state index is 0.0712. The number of nitrogens with zero attached hydrogens (tertiary/aromatic N) is 1. The molecule has 0 spiro atoms. The Morgan fingerprint density at radius 1 is 0.840 bits per heavy atom. The van der Waals surface area contributed by atoms with Gasteiger partial charge in [-0.25, -0.2) is 0 Å². The topological polar surface area (TPSA) is 54.9 Å². The minimum Gasteiger partial charge on any atom is -0.358 e. The second kappa shape index (κ2) is 5.32. The number of pyridine rings is 2. The number of benzene rings is 1. The maximum absolute atomic E-state index is 13.3. The van der Waals surface area contributed by atoms with Crippen LogP contribution in [0.25, 0.3) is 21.8 Å². The lowest BCUT2D eigenvalue weighted by Gasteiger charge is -2.22. The number of hydrogen-bond acceptors (Lipinski definition) is 2. The van der Waals surface area contributed by atoms with Gasteiger partial charge >= 0.3 is 0 Å². The predicted molar refractivity (Wildman–Crippen MR) is 101 cm³/mol. The molecule has 2 aromatic heterocycles. The highest BCUT2D eigenvalue weighted by molar-refractivity contribution is 6.05. The Bertz CT molecular complexity index is 1150. The fourth-order valence-corrected chi connectivity index (χ4v) is 4.85. The molecule has 0 saturated carbocycles. The number of rotatable bonds is 0. The zero-order valence-electron chi connectivity index (χ0n) is 14.6. The van der Waals surface area contributed by atoms with Crippen LogP contribution < -0.4 is 10.9 Å². The molecular formula is C21H22N2O2. The molecule has 0 bridgehead atoms. The summed E-state index contributed by atoms with van der Waals surface area (Å²) in [6.45, 7) is 0. The Balaban J connectivity index is 2.00. The predicted octanol–water partition coefficient (Wildman–Crippen LogP) is 3.14. The van der Waals surface area contributed by atoms with E-state index in [0.717, 1.165) is 84.9 Å². The lowest BCUT2D eigenvalue weighted by Crippen LogP contribution is -2.25. The first-order chi connectivity index (χ1) is 12.2. The number of H-pyrrole nitrogens is 1. The number of aromatic amines is 1.